The van der Waals surface area contributed by atoms with E-state index in [2.05, 4.69) is 9.69 Å². The van der Waals surface area contributed by atoms with E-state index in [1.807, 2.05) is 25.1 Å². The molecule has 0 atom stereocenters. The summed E-state index contributed by atoms with van der Waals surface area (Å²) in [6.07, 6.45) is 1.68. The van der Waals surface area contributed by atoms with Crippen LogP contribution < -0.4 is 29.6 Å². The topological polar surface area (TPSA) is 88.1 Å². The number of carbonyl (C=O) groups is 1. The number of nitrogens with zero attached hydrogens (tertiary/aromatic N) is 3. The van der Waals surface area contributed by atoms with E-state index in [4.69, 9.17) is 5.26 Å². The molecule has 0 spiro atoms. The Morgan fingerprint density at radius 3 is 2.86 bits per heavy atom. The molecule has 5 nitrogen and oxygen atoms in total. The number of aliphatic hydroxyl groups excluding tert-OH is 1. The van der Waals surface area contributed by atoms with E-state index in [9.17, 15) is 9.90 Å². The summed E-state index contributed by atoms with van der Waals surface area (Å²) in [6, 6.07) is 9.06. The average molecular weight is 323 g/mol. The predicted octanol–water partition coefficient (Wildman–Crippen LogP) is 0.793. The van der Waals surface area contributed by atoms with Gasteiger partial charge >= 0.3 is 29.6 Å². The largest absolute Gasteiger partial charge is 1.00 e. The van der Waals surface area contributed by atoms with Crippen molar-refractivity contribution in [1.29, 1.82) is 5.26 Å². The monoisotopic (exact) mass is 323 g/mol. The molecular formula is C15H14N3NaO2S. The van der Waals surface area contributed by atoms with Crippen LogP contribution >= 0.6 is 11.5 Å². The van der Waals surface area contributed by atoms with E-state index in [1.165, 1.54) is 11.5 Å². The number of nitriles is 1. The summed E-state index contributed by atoms with van der Waals surface area (Å²) >= 11 is 1.21. The number of hydrogen-bond acceptors (Lipinski definition) is 5. The number of fused-ring (bicyclic) bond motifs is 1. The number of aromatic nitrogens is 1. The fourth-order valence-electron chi connectivity index (χ4n) is 1.79. The maximum Gasteiger partial charge on any atom is 1.00 e. The average Bonchev–Trinajstić information content (AvgIpc) is 2.92. The molecule has 108 valence electrons. The molecule has 0 unspecified atom stereocenters. The van der Waals surface area contributed by atoms with Crippen molar-refractivity contribution in [3.8, 4) is 6.07 Å². The number of unbranched alkanes of at least 4 members (excludes halogenated alkanes) is 1. The Morgan fingerprint density at radius 2 is 2.18 bits per heavy atom. The van der Waals surface area contributed by atoms with E-state index >= 15 is 0 Å². The van der Waals surface area contributed by atoms with Gasteiger partial charge in [-0.2, -0.15) is 9.64 Å². The molecule has 0 aliphatic heterocycles. The Balaban J connectivity index is 0.00000242. The minimum atomic E-state index is -0.694. The van der Waals surface area contributed by atoms with E-state index in [0.717, 1.165) is 17.5 Å². The molecule has 22 heavy (non-hydrogen) atoms. The minimum absolute atomic E-state index is 0. The van der Waals surface area contributed by atoms with Crippen molar-refractivity contribution in [2.45, 2.75) is 19.8 Å². The SMILES string of the molecule is CCCC[N-]C(=O)C(C#N)=C(O)c1nsc2ccccc12.[Na+]. The Labute approximate surface area is 155 Å². The van der Waals surface area contributed by atoms with Gasteiger partial charge < -0.3 is 15.2 Å². The van der Waals surface area contributed by atoms with Gasteiger partial charge in [0.05, 0.1) is 10.6 Å². The van der Waals surface area contributed by atoms with Crippen LogP contribution in [-0.2, 0) is 4.79 Å². The third kappa shape index (κ3) is 4.08. The van der Waals surface area contributed by atoms with Crippen LogP contribution in [0.1, 0.15) is 25.5 Å². The number of amides is 1. The first kappa shape index (κ1) is 18.7. The van der Waals surface area contributed by atoms with Gasteiger partial charge in [0, 0.05) is 5.39 Å². The summed E-state index contributed by atoms with van der Waals surface area (Å²) in [5, 5.41) is 23.8. The number of hydrogen-bond donors (Lipinski definition) is 1. The molecular weight excluding hydrogens is 309 g/mol. The third-order valence-corrected chi connectivity index (χ3v) is 3.76. The van der Waals surface area contributed by atoms with E-state index in [1.54, 1.807) is 12.1 Å². The van der Waals surface area contributed by atoms with Gasteiger partial charge in [0.1, 0.15) is 17.3 Å². The first-order valence-electron chi connectivity index (χ1n) is 6.59. The second kappa shape index (κ2) is 8.91. The van der Waals surface area contributed by atoms with Crippen molar-refractivity contribution in [2.24, 2.45) is 0 Å². The Hall–Kier alpha value is -1.39. The molecule has 0 radical (unpaired) electrons. The van der Waals surface area contributed by atoms with Gasteiger partial charge in [0.15, 0.2) is 5.76 Å². The Bertz CT molecular complexity index is 734. The summed E-state index contributed by atoms with van der Waals surface area (Å²) in [4.78, 5) is 11.9. The molecule has 0 aliphatic rings. The molecule has 0 bridgehead atoms. The van der Waals surface area contributed by atoms with E-state index < -0.39 is 11.7 Å². The molecule has 1 aromatic heterocycles. The van der Waals surface area contributed by atoms with Crippen molar-refractivity contribution in [3.63, 3.8) is 0 Å². The zero-order chi connectivity index (χ0) is 15.2. The van der Waals surface area contributed by atoms with Crippen LogP contribution in [0, 0.1) is 11.3 Å². The number of aliphatic hydroxyl groups is 1. The van der Waals surface area contributed by atoms with Crippen LogP contribution in [0.15, 0.2) is 29.8 Å². The maximum atomic E-state index is 11.9. The van der Waals surface area contributed by atoms with Crippen LogP contribution in [0.2, 0.25) is 0 Å². The number of rotatable bonds is 5. The summed E-state index contributed by atoms with van der Waals surface area (Å²) < 4.78 is 5.01. The molecule has 2 aromatic rings. The molecule has 1 N–H and O–H groups in total. The Kier molecular flexibility index (Phi) is 7.56. The molecule has 1 amide bonds. The maximum absolute atomic E-state index is 11.9. The smallest absolute Gasteiger partial charge is 0.648 e. The van der Waals surface area contributed by atoms with Crippen molar-refractivity contribution in [2.75, 3.05) is 6.54 Å². The number of carbonyl (C=O) groups excluding carboxylic acids is 1. The van der Waals surface area contributed by atoms with Crippen LogP contribution in [0.5, 0.6) is 0 Å². The first-order chi connectivity index (χ1) is 10.2. The van der Waals surface area contributed by atoms with Crippen LogP contribution in [0.25, 0.3) is 21.2 Å². The van der Waals surface area contributed by atoms with E-state index in [-0.39, 0.29) is 40.8 Å². The predicted molar refractivity (Wildman–Crippen MR) is 82.9 cm³/mol. The normalized spacial score (nSPS) is 11.3. The van der Waals surface area contributed by atoms with Gasteiger partial charge in [0.2, 0.25) is 0 Å². The molecule has 0 saturated heterocycles. The second-order valence-corrected chi connectivity index (χ2v) is 5.21. The molecule has 0 aliphatic carbocycles. The van der Waals surface area contributed by atoms with Crippen LogP contribution in [0.3, 0.4) is 0 Å². The van der Waals surface area contributed by atoms with E-state index in [0.29, 0.717) is 11.9 Å². The van der Waals surface area contributed by atoms with Crippen molar-refractivity contribution in [3.05, 3.63) is 40.8 Å². The van der Waals surface area contributed by atoms with Crippen molar-refractivity contribution < 1.29 is 39.5 Å². The zero-order valence-electron chi connectivity index (χ0n) is 12.5. The van der Waals surface area contributed by atoms with Crippen molar-refractivity contribution in [1.82, 2.24) is 4.37 Å². The summed E-state index contributed by atoms with van der Waals surface area (Å²) in [6.45, 7) is 2.34. The molecule has 0 fully saturated rings. The molecule has 0 saturated carbocycles. The van der Waals surface area contributed by atoms with Crippen molar-refractivity contribution >= 4 is 33.3 Å². The minimum Gasteiger partial charge on any atom is -0.648 e. The molecule has 2 rings (SSSR count). The van der Waals surface area contributed by atoms with Gasteiger partial charge in [0.25, 0.3) is 0 Å². The van der Waals surface area contributed by atoms with Gasteiger partial charge in [-0.3, -0.25) is 0 Å². The van der Waals surface area contributed by atoms with Crippen LogP contribution in [-0.4, -0.2) is 21.9 Å². The first-order valence-corrected chi connectivity index (χ1v) is 7.36. The van der Waals surface area contributed by atoms with Gasteiger partial charge in [-0.1, -0.05) is 38.0 Å². The summed E-state index contributed by atoms with van der Waals surface area (Å²) in [5.74, 6) is -1.10. The van der Waals surface area contributed by atoms with Gasteiger partial charge in [-0.15, -0.1) is 6.54 Å². The third-order valence-electron chi connectivity index (χ3n) is 2.93. The van der Waals surface area contributed by atoms with Gasteiger partial charge in [-0.05, 0) is 17.6 Å². The quantitative estimate of drug-likeness (QED) is 0.290. The second-order valence-electron chi connectivity index (χ2n) is 4.40. The summed E-state index contributed by atoms with van der Waals surface area (Å²) in [7, 11) is 0. The van der Waals surface area contributed by atoms with Gasteiger partial charge in [-0.25, -0.2) is 0 Å². The number of benzene rings is 1. The summed E-state index contributed by atoms with van der Waals surface area (Å²) in [5.41, 5.74) is -0.103. The molecule has 1 heterocycles. The fraction of sp³-hybridized carbons (Fsp3) is 0.267. The standard InChI is InChI=1S/C15H15N3O2S.Na/c1-2-3-8-17-15(20)11(9-16)14(19)13-10-6-4-5-7-12(10)21-18-13;/h4-7H,2-3,8H2,1H3,(H2,17,19,20);/q;+1/p-1. The van der Waals surface area contributed by atoms with Crippen LogP contribution in [0.4, 0.5) is 0 Å². The molecule has 1 aromatic carbocycles. The fourth-order valence-corrected chi connectivity index (χ4v) is 2.57. The zero-order valence-corrected chi connectivity index (χ0v) is 15.4. The Morgan fingerprint density at radius 1 is 1.45 bits per heavy atom. The molecule has 7 heteroatoms.